The number of ether oxygens (including phenoxy) is 1. The van der Waals surface area contributed by atoms with Gasteiger partial charge in [-0.1, -0.05) is 51.8 Å². The van der Waals surface area contributed by atoms with Crippen molar-refractivity contribution in [3.63, 3.8) is 0 Å². The first-order valence-electron chi connectivity index (χ1n) is 11.0. The van der Waals surface area contributed by atoms with Crippen LogP contribution in [0, 0.1) is 5.92 Å². The number of aliphatic carboxylic acids is 1. The number of nitrogens with one attached hydrogen (secondary N) is 1. The molecule has 0 fully saturated rings. The molecule has 1 heterocycles. The van der Waals surface area contributed by atoms with Crippen LogP contribution in [0.15, 0.2) is 27.4 Å². The summed E-state index contributed by atoms with van der Waals surface area (Å²) in [7, 11) is -3.64. The number of rotatable bonds is 15. The van der Waals surface area contributed by atoms with Crippen molar-refractivity contribution in [1.82, 2.24) is 10.3 Å². The van der Waals surface area contributed by atoms with E-state index in [1.807, 2.05) is 0 Å². The molecule has 0 bridgehead atoms. The first-order valence-corrected chi connectivity index (χ1v) is 14.5. The fourth-order valence-corrected chi connectivity index (χ4v) is 6.43. The van der Waals surface area contributed by atoms with Gasteiger partial charge in [0.25, 0.3) is 0 Å². The second-order valence-electron chi connectivity index (χ2n) is 8.00. The second kappa shape index (κ2) is 14.9. The lowest BCUT2D eigenvalue weighted by Crippen LogP contribution is -2.43. The van der Waals surface area contributed by atoms with Gasteiger partial charge in [0.1, 0.15) is 12.6 Å². The Kier molecular flexibility index (Phi) is 13.4. The summed E-state index contributed by atoms with van der Waals surface area (Å²) in [6.45, 7) is 5.01. The lowest BCUT2D eigenvalue weighted by molar-refractivity contribution is -0.143. The molecule has 1 aromatic carbocycles. The van der Waals surface area contributed by atoms with E-state index in [4.69, 9.17) is 9.84 Å². The van der Waals surface area contributed by atoms with Gasteiger partial charge in [0.05, 0.1) is 27.4 Å². The molecule has 1 atom stereocenters. The number of hydrogen-bond acceptors (Lipinski definition) is 9. The van der Waals surface area contributed by atoms with Gasteiger partial charge in [0, 0.05) is 5.75 Å². The number of carboxylic acids is 1. The summed E-state index contributed by atoms with van der Waals surface area (Å²) in [6.07, 6.45) is 4.77. The van der Waals surface area contributed by atoms with Crippen molar-refractivity contribution in [3.05, 3.63) is 18.2 Å². The highest BCUT2D eigenvalue weighted by Gasteiger charge is 2.22. The van der Waals surface area contributed by atoms with Crippen LogP contribution in [-0.2, 0) is 24.2 Å². The molecule has 0 radical (unpaired) electrons. The van der Waals surface area contributed by atoms with Crippen LogP contribution in [0.1, 0.15) is 46.5 Å². The highest BCUT2D eigenvalue weighted by Crippen LogP contribution is 2.31. The van der Waals surface area contributed by atoms with Crippen molar-refractivity contribution < 1.29 is 27.9 Å². The van der Waals surface area contributed by atoms with Crippen LogP contribution in [0.2, 0.25) is 0 Å². The molecule has 0 aliphatic carbocycles. The van der Waals surface area contributed by atoms with Crippen molar-refractivity contribution in [2.24, 2.45) is 5.92 Å². The highest BCUT2D eigenvalue weighted by atomic mass is 35.5. The van der Waals surface area contributed by atoms with Crippen molar-refractivity contribution >= 4 is 67.5 Å². The molecule has 8 nitrogen and oxygen atoms in total. The number of sulfone groups is 1. The van der Waals surface area contributed by atoms with Gasteiger partial charge in [-0.15, -0.1) is 23.7 Å². The van der Waals surface area contributed by atoms with Crippen molar-refractivity contribution in [2.45, 2.75) is 61.7 Å². The molecule has 0 saturated heterocycles. The Labute approximate surface area is 215 Å². The van der Waals surface area contributed by atoms with E-state index in [1.165, 1.54) is 36.7 Å². The predicted octanol–water partition coefficient (Wildman–Crippen LogP) is 4.41. The Bertz CT molecular complexity index is 1040. The standard InChI is InChI=1S/C22H32N2O6S3.ClH/c1-4-5-6-7-11-31-22-24-17-9-8-16(13-18(17)32-22)33(28,29)12-10-30-19(25)14-23-20(15(2)3)21(26)27;/h8-9,13,15,20,23H,4-7,10-12,14H2,1-3H3,(H,26,27);1H/t20-;/m1./s1. The third kappa shape index (κ3) is 9.69. The smallest absolute Gasteiger partial charge is 0.320 e. The van der Waals surface area contributed by atoms with Gasteiger partial charge >= 0.3 is 11.9 Å². The molecule has 2 rings (SSSR count). The molecule has 12 heteroatoms. The number of benzene rings is 1. The van der Waals surface area contributed by atoms with Crippen LogP contribution in [0.3, 0.4) is 0 Å². The number of esters is 1. The summed E-state index contributed by atoms with van der Waals surface area (Å²) in [5, 5.41) is 11.7. The summed E-state index contributed by atoms with van der Waals surface area (Å²) < 4.78 is 32.1. The van der Waals surface area contributed by atoms with E-state index in [9.17, 15) is 18.0 Å². The van der Waals surface area contributed by atoms with Gasteiger partial charge in [-0.05, 0) is 30.5 Å². The summed E-state index contributed by atoms with van der Waals surface area (Å²) in [5.74, 6) is -1.32. The van der Waals surface area contributed by atoms with Crippen LogP contribution < -0.4 is 5.32 Å². The molecule has 2 aromatic rings. The molecular weight excluding hydrogens is 520 g/mol. The molecule has 192 valence electrons. The van der Waals surface area contributed by atoms with Gasteiger partial charge in [0.2, 0.25) is 0 Å². The molecule has 0 spiro atoms. The lowest BCUT2D eigenvalue weighted by Gasteiger charge is -2.17. The molecule has 34 heavy (non-hydrogen) atoms. The van der Waals surface area contributed by atoms with Crippen molar-refractivity contribution in [1.29, 1.82) is 0 Å². The van der Waals surface area contributed by atoms with E-state index in [2.05, 4.69) is 17.2 Å². The number of carbonyl (C=O) groups is 2. The van der Waals surface area contributed by atoms with Crippen molar-refractivity contribution in [3.8, 4) is 0 Å². The number of thioether (sulfide) groups is 1. The highest BCUT2D eigenvalue weighted by molar-refractivity contribution is 8.01. The average Bonchev–Trinajstić information content (AvgIpc) is 3.15. The molecule has 0 aliphatic heterocycles. The normalized spacial score (nSPS) is 12.5. The van der Waals surface area contributed by atoms with Crippen LogP contribution in [0.5, 0.6) is 0 Å². The summed E-state index contributed by atoms with van der Waals surface area (Å²) in [6, 6.07) is 3.96. The molecule has 1 aromatic heterocycles. The maximum Gasteiger partial charge on any atom is 0.320 e. The third-order valence-corrected chi connectivity index (χ3v) is 8.86. The minimum absolute atomic E-state index is 0. The number of carboxylic acid groups (broad SMARTS) is 1. The maximum atomic E-state index is 12.7. The molecule has 0 amide bonds. The van der Waals surface area contributed by atoms with Gasteiger partial charge < -0.3 is 9.84 Å². The molecule has 0 aliphatic rings. The maximum absolute atomic E-state index is 12.7. The Morgan fingerprint density at radius 2 is 1.97 bits per heavy atom. The Balaban J connectivity index is 0.00000578. The van der Waals surface area contributed by atoms with Crippen LogP contribution in [-0.4, -0.2) is 61.1 Å². The topological polar surface area (TPSA) is 123 Å². The number of carbonyl (C=O) groups excluding carboxylic acids is 1. The zero-order chi connectivity index (χ0) is 24.4. The van der Waals surface area contributed by atoms with Crippen LogP contribution in [0.4, 0.5) is 0 Å². The predicted molar refractivity (Wildman–Crippen MR) is 139 cm³/mol. The largest absolute Gasteiger partial charge is 0.480 e. The number of unbranched alkanes of at least 4 members (excludes halogenated alkanes) is 3. The number of halogens is 1. The van der Waals surface area contributed by atoms with E-state index in [-0.39, 0.29) is 42.1 Å². The van der Waals surface area contributed by atoms with E-state index < -0.39 is 27.8 Å². The number of hydrogen-bond donors (Lipinski definition) is 2. The van der Waals surface area contributed by atoms with E-state index in [0.717, 1.165) is 26.7 Å². The molecule has 0 unspecified atom stereocenters. The number of thiazole rings is 1. The van der Waals surface area contributed by atoms with Crippen molar-refractivity contribution in [2.75, 3.05) is 24.7 Å². The SMILES string of the molecule is CCCCCCSc1nc2ccc(S(=O)(=O)CCOC(=O)CN[C@@H](C(=O)O)C(C)C)cc2s1.Cl. The lowest BCUT2D eigenvalue weighted by atomic mass is 10.1. The Morgan fingerprint density at radius 1 is 1.24 bits per heavy atom. The average molecular weight is 553 g/mol. The zero-order valence-corrected chi connectivity index (χ0v) is 22.9. The van der Waals surface area contributed by atoms with Gasteiger partial charge in [0.15, 0.2) is 14.2 Å². The summed E-state index contributed by atoms with van der Waals surface area (Å²) in [4.78, 5) is 27.7. The Morgan fingerprint density at radius 3 is 2.62 bits per heavy atom. The number of aromatic nitrogens is 1. The third-order valence-electron chi connectivity index (χ3n) is 4.94. The quantitative estimate of drug-likeness (QED) is 0.188. The van der Waals surface area contributed by atoms with Crippen LogP contribution >= 0.6 is 35.5 Å². The number of nitrogens with zero attached hydrogens (tertiary/aromatic N) is 1. The molecule has 2 N–H and O–H groups in total. The fraction of sp³-hybridized carbons (Fsp3) is 0.591. The second-order valence-corrected chi connectivity index (χ2v) is 12.5. The summed E-state index contributed by atoms with van der Waals surface area (Å²) >= 11 is 3.17. The first kappa shape index (κ1) is 30.6. The van der Waals surface area contributed by atoms with Gasteiger partial charge in [-0.2, -0.15) is 0 Å². The minimum atomic E-state index is -3.64. The monoisotopic (exact) mass is 552 g/mol. The molecular formula is C22H33ClN2O6S3. The summed E-state index contributed by atoms with van der Waals surface area (Å²) in [5.41, 5.74) is 0.769. The minimum Gasteiger partial charge on any atom is -0.480 e. The zero-order valence-electron chi connectivity index (χ0n) is 19.6. The van der Waals surface area contributed by atoms with E-state index in [0.29, 0.717) is 0 Å². The van der Waals surface area contributed by atoms with E-state index in [1.54, 1.807) is 37.7 Å². The Hall–Kier alpha value is -1.40. The van der Waals surface area contributed by atoms with Crippen LogP contribution in [0.25, 0.3) is 10.2 Å². The molecule has 0 saturated carbocycles. The first-order chi connectivity index (χ1) is 15.6. The van der Waals surface area contributed by atoms with E-state index >= 15 is 0 Å². The number of fused-ring (bicyclic) bond motifs is 1. The van der Waals surface area contributed by atoms with Gasteiger partial charge in [-0.3, -0.25) is 14.9 Å². The van der Waals surface area contributed by atoms with Gasteiger partial charge in [-0.25, -0.2) is 13.4 Å². The fourth-order valence-electron chi connectivity index (χ4n) is 3.06.